The van der Waals surface area contributed by atoms with Crippen molar-refractivity contribution >= 4 is 22.4 Å². The SMILES string of the molecule is CCOC(=O)C(C)(C)c1csc(NCC2CCOC2C)n1. The number of carbonyl (C=O) groups excluding carboxylic acids is 1. The van der Waals surface area contributed by atoms with Crippen LogP contribution in [0.3, 0.4) is 0 Å². The van der Waals surface area contributed by atoms with E-state index in [9.17, 15) is 4.79 Å². The van der Waals surface area contributed by atoms with Gasteiger partial charge in [0.1, 0.15) is 5.41 Å². The summed E-state index contributed by atoms with van der Waals surface area (Å²) >= 11 is 1.53. The Morgan fingerprint density at radius 2 is 2.38 bits per heavy atom. The Labute approximate surface area is 130 Å². The van der Waals surface area contributed by atoms with Crippen molar-refractivity contribution in [3.63, 3.8) is 0 Å². The lowest BCUT2D eigenvalue weighted by molar-refractivity contribution is -0.148. The molecule has 2 unspecified atom stereocenters. The summed E-state index contributed by atoms with van der Waals surface area (Å²) in [4.78, 5) is 16.5. The summed E-state index contributed by atoms with van der Waals surface area (Å²) in [7, 11) is 0. The van der Waals surface area contributed by atoms with Crippen LogP contribution in [0.2, 0.25) is 0 Å². The second-order valence-corrected chi connectivity index (χ2v) is 6.75. The third-order valence-corrected chi connectivity index (χ3v) is 4.78. The number of carbonyl (C=O) groups is 1. The van der Waals surface area contributed by atoms with Crippen LogP contribution in [-0.2, 0) is 19.7 Å². The smallest absolute Gasteiger partial charge is 0.317 e. The highest BCUT2D eigenvalue weighted by atomic mass is 32.1. The fraction of sp³-hybridized carbons (Fsp3) is 0.733. The number of ether oxygens (including phenoxy) is 2. The quantitative estimate of drug-likeness (QED) is 0.819. The molecule has 1 fully saturated rings. The molecule has 2 atom stereocenters. The number of anilines is 1. The molecule has 21 heavy (non-hydrogen) atoms. The first-order valence-electron chi connectivity index (χ1n) is 7.43. The van der Waals surface area contributed by atoms with Crippen LogP contribution in [0.4, 0.5) is 5.13 Å². The van der Waals surface area contributed by atoms with Gasteiger partial charge >= 0.3 is 5.97 Å². The molecule has 1 N–H and O–H groups in total. The van der Waals surface area contributed by atoms with E-state index in [2.05, 4.69) is 17.2 Å². The van der Waals surface area contributed by atoms with Crippen LogP contribution in [-0.4, -0.2) is 36.8 Å². The summed E-state index contributed by atoms with van der Waals surface area (Å²) in [5.74, 6) is 0.287. The molecule has 0 amide bonds. The van der Waals surface area contributed by atoms with Gasteiger partial charge in [0.2, 0.25) is 0 Å². The summed E-state index contributed by atoms with van der Waals surface area (Å²) in [5, 5.41) is 6.13. The van der Waals surface area contributed by atoms with Crippen LogP contribution < -0.4 is 5.32 Å². The molecule has 2 rings (SSSR count). The first-order valence-corrected chi connectivity index (χ1v) is 8.31. The minimum absolute atomic E-state index is 0.236. The van der Waals surface area contributed by atoms with Crippen molar-refractivity contribution in [2.75, 3.05) is 25.1 Å². The highest BCUT2D eigenvalue weighted by Gasteiger charge is 2.34. The van der Waals surface area contributed by atoms with E-state index < -0.39 is 5.41 Å². The van der Waals surface area contributed by atoms with Gasteiger partial charge in [-0.25, -0.2) is 4.98 Å². The average molecular weight is 312 g/mol. The molecule has 2 heterocycles. The van der Waals surface area contributed by atoms with Crippen molar-refractivity contribution in [3.8, 4) is 0 Å². The van der Waals surface area contributed by atoms with Gasteiger partial charge in [0, 0.05) is 24.4 Å². The molecule has 0 spiro atoms. The average Bonchev–Trinajstić information content (AvgIpc) is 3.06. The van der Waals surface area contributed by atoms with Crippen LogP contribution in [0.5, 0.6) is 0 Å². The van der Waals surface area contributed by atoms with E-state index >= 15 is 0 Å². The van der Waals surface area contributed by atoms with E-state index in [0.717, 1.165) is 30.4 Å². The van der Waals surface area contributed by atoms with Crippen LogP contribution in [0.15, 0.2) is 5.38 Å². The number of nitrogens with one attached hydrogen (secondary N) is 1. The number of aromatic nitrogens is 1. The molecular weight excluding hydrogens is 288 g/mol. The Kier molecular flexibility index (Phi) is 5.22. The number of nitrogens with zero attached hydrogens (tertiary/aromatic N) is 1. The predicted octanol–water partition coefficient (Wildman–Crippen LogP) is 2.82. The minimum atomic E-state index is -0.712. The van der Waals surface area contributed by atoms with Crippen LogP contribution in [0, 0.1) is 5.92 Å². The molecule has 0 aromatic carbocycles. The molecule has 118 valence electrons. The maximum Gasteiger partial charge on any atom is 0.317 e. The normalized spacial score (nSPS) is 22.3. The number of hydrogen-bond donors (Lipinski definition) is 1. The molecule has 6 heteroatoms. The third-order valence-electron chi connectivity index (χ3n) is 3.98. The zero-order chi connectivity index (χ0) is 15.5. The Morgan fingerprint density at radius 3 is 3.00 bits per heavy atom. The Balaban J connectivity index is 1.96. The van der Waals surface area contributed by atoms with Crippen molar-refractivity contribution in [1.29, 1.82) is 0 Å². The lowest BCUT2D eigenvalue weighted by atomic mass is 9.90. The standard InChI is InChI=1S/C15H24N2O3S/c1-5-19-13(18)15(3,4)12-9-21-14(17-12)16-8-11-6-7-20-10(11)2/h9-11H,5-8H2,1-4H3,(H,16,17). The van der Waals surface area contributed by atoms with Gasteiger partial charge in [0.25, 0.3) is 0 Å². The van der Waals surface area contributed by atoms with E-state index in [1.54, 1.807) is 0 Å². The van der Waals surface area contributed by atoms with E-state index in [0.29, 0.717) is 18.6 Å². The van der Waals surface area contributed by atoms with E-state index in [-0.39, 0.29) is 5.97 Å². The number of thiazole rings is 1. The van der Waals surface area contributed by atoms with Crippen molar-refractivity contribution in [3.05, 3.63) is 11.1 Å². The largest absolute Gasteiger partial charge is 0.465 e. The molecule has 0 radical (unpaired) electrons. The molecule has 1 aromatic heterocycles. The van der Waals surface area contributed by atoms with E-state index in [1.807, 2.05) is 26.2 Å². The first-order chi connectivity index (χ1) is 9.95. The Bertz CT molecular complexity index is 487. The van der Waals surface area contributed by atoms with Gasteiger partial charge < -0.3 is 14.8 Å². The molecule has 0 saturated carbocycles. The topological polar surface area (TPSA) is 60.5 Å². The lowest BCUT2D eigenvalue weighted by Crippen LogP contribution is -2.31. The molecule has 0 aliphatic carbocycles. The van der Waals surface area contributed by atoms with Gasteiger partial charge in [-0.1, -0.05) is 0 Å². The van der Waals surface area contributed by atoms with Crippen molar-refractivity contribution < 1.29 is 14.3 Å². The van der Waals surface area contributed by atoms with Crippen LogP contribution >= 0.6 is 11.3 Å². The first kappa shape index (κ1) is 16.2. The molecule has 1 aromatic rings. The molecule has 1 aliphatic heterocycles. The van der Waals surface area contributed by atoms with Crippen molar-refractivity contribution in [1.82, 2.24) is 4.98 Å². The maximum absolute atomic E-state index is 12.0. The highest BCUT2D eigenvalue weighted by Crippen LogP contribution is 2.29. The number of rotatable bonds is 6. The molecule has 5 nitrogen and oxygen atoms in total. The van der Waals surface area contributed by atoms with Gasteiger partial charge in [-0.2, -0.15) is 0 Å². The van der Waals surface area contributed by atoms with Crippen LogP contribution in [0.25, 0.3) is 0 Å². The monoisotopic (exact) mass is 312 g/mol. The van der Waals surface area contributed by atoms with Gasteiger partial charge in [0.05, 0.1) is 18.4 Å². The summed E-state index contributed by atoms with van der Waals surface area (Å²) < 4.78 is 10.7. The van der Waals surface area contributed by atoms with E-state index in [4.69, 9.17) is 9.47 Å². The maximum atomic E-state index is 12.0. The fourth-order valence-electron chi connectivity index (χ4n) is 2.32. The Morgan fingerprint density at radius 1 is 1.62 bits per heavy atom. The van der Waals surface area contributed by atoms with Gasteiger partial charge in [0.15, 0.2) is 5.13 Å². The number of esters is 1. The second-order valence-electron chi connectivity index (χ2n) is 5.89. The molecule has 0 bridgehead atoms. The zero-order valence-corrected chi connectivity index (χ0v) is 14.0. The van der Waals surface area contributed by atoms with Gasteiger partial charge in [-0.3, -0.25) is 4.79 Å². The fourth-order valence-corrected chi connectivity index (χ4v) is 3.21. The third kappa shape index (κ3) is 3.74. The lowest BCUT2D eigenvalue weighted by Gasteiger charge is -2.19. The van der Waals surface area contributed by atoms with Crippen molar-refractivity contribution in [2.24, 2.45) is 5.92 Å². The summed E-state index contributed by atoms with van der Waals surface area (Å²) in [6.45, 7) is 9.69. The molecular formula is C15H24N2O3S. The van der Waals surface area contributed by atoms with E-state index in [1.165, 1.54) is 11.3 Å². The van der Waals surface area contributed by atoms with Crippen molar-refractivity contribution in [2.45, 2.75) is 45.6 Å². The minimum Gasteiger partial charge on any atom is -0.465 e. The molecule has 1 saturated heterocycles. The summed E-state index contributed by atoms with van der Waals surface area (Å²) in [6, 6.07) is 0. The predicted molar refractivity (Wildman–Crippen MR) is 83.8 cm³/mol. The summed E-state index contributed by atoms with van der Waals surface area (Å²) in [5.41, 5.74) is 0.0418. The van der Waals surface area contributed by atoms with Crippen LogP contribution in [0.1, 0.15) is 39.8 Å². The highest BCUT2D eigenvalue weighted by molar-refractivity contribution is 7.13. The van der Waals surface area contributed by atoms with Gasteiger partial charge in [-0.05, 0) is 34.1 Å². The zero-order valence-electron chi connectivity index (χ0n) is 13.1. The van der Waals surface area contributed by atoms with Gasteiger partial charge in [-0.15, -0.1) is 11.3 Å². The Hall–Kier alpha value is -1.14. The second kappa shape index (κ2) is 6.75. The molecule has 1 aliphatic rings. The summed E-state index contributed by atoms with van der Waals surface area (Å²) in [6.07, 6.45) is 1.38. The number of hydrogen-bond acceptors (Lipinski definition) is 6.